The molecule has 0 saturated carbocycles. The Balaban J connectivity index is 2.10. The minimum absolute atomic E-state index is 0.0774. The molecular weight excluding hydrogens is 630 g/mol. The summed E-state index contributed by atoms with van der Waals surface area (Å²) in [7, 11) is -2.56. The SMILES string of the molecule is CC[C@@H](C)NC(=O)[C@H](Cc1ccccc1)N(Cc1cccc(Br)c1)C(=O)CN(c1cc(Cl)ccc1OC)S(C)(=O)=O. The van der Waals surface area contributed by atoms with Crippen LogP contribution in [-0.2, 0) is 32.6 Å². The fourth-order valence-electron chi connectivity index (χ4n) is 4.28. The summed E-state index contributed by atoms with van der Waals surface area (Å²) < 4.78 is 33.2. The third kappa shape index (κ3) is 9.21. The average molecular weight is 665 g/mol. The zero-order chi connectivity index (χ0) is 30.2. The Morgan fingerprint density at radius 2 is 1.71 bits per heavy atom. The van der Waals surface area contributed by atoms with Gasteiger partial charge in [-0.25, -0.2) is 8.42 Å². The van der Waals surface area contributed by atoms with Gasteiger partial charge in [-0.2, -0.15) is 0 Å². The third-order valence-electron chi connectivity index (χ3n) is 6.60. The van der Waals surface area contributed by atoms with Crippen LogP contribution >= 0.6 is 27.5 Å². The van der Waals surface area contributed by atoms with Crippen LogP contribution in [0.5, 0.6) is 5.75 Å². The summed E-state index contributed by atoms with van der Waals surface area (Å²) in [5.74, 6) is -0.642. The van der Waals surface area contributed by atoms with Crippen molar-refractivity contribution in [1.29, 1.82) is 0 Å². The molecule has 3 aromatic carbocycles. The van der Waals surface area contributed by atoms with Crippen LogP contribution in [0.25, 0.3) is 0 Å². The Hall–Kier alpha value is -3.08. The van der Waals surface area contributed by atoms with E-state index in [1.54, 1.807) is 6.07 Å². The topological polar surface area (TPSA) is 96.0 Å². The summed E-state index contributed by atoms with van der Waals surface area (Å²) in [6.45, 7) is 3.37. The molecule has 0 aromatic heterocycles. The van der Waals surface area contributed by atoms with Gasteiger partial charge in [0.05, 0.1) is 19.1 Å². The molecule has 0 fully saturated rings. The van der Waals surface area contributed by atoms with Crippen LogP contribution in [0.3, 0.4) is 0 Å². The first-order valence-electron chi connectivity index (χ1n) is 13.1. The molecule has 0 aliphatic carbocycles. The summed E-state index contributed by atoms with van der Waals surface area (Å²) in [5.41, 5.74) is 1.76. The van der Waals surface area contributed by atoms with Gasteiger partial charge in [0, 0.05) is 28.5 Å². The van der Waals surface area contributed by atoms with E-state index >= 15 is 0 Å². The van der Waals surface area contributed by atoms with Gasteiger partial charge in [-0.05, 0) is 54.8 Å². The minimum Gasteiger partial charge on any atom is -0.495 e. The summed E-state index contributed by atoms with van der Waals surface area (Å²) in [6, 6.07) is 20.3. The lowest BCUT2D eigenvalue weighted by molar-refractivity contribution is -0.140. The maximum absolute atomic E-state index is 14.2. The fraction of sp³-hybridized carbons (Fsp3) is 0.333. The number of rotatable bonds is 13. The average Bonchev–Trinajstić information content (AvgIpc) is 2.93. The molecule has 220 valence electrons. The molecule has 11 heteroatoms. The van der Waals surface area contributed by atoms with Crippen molar-refractivity contribution in [2.45, 2.75) is 45.3 Å². The molecule has 0 unspecified atom stereocenters. The van der Waals surface area contributed by atoms with Crippen molar-refractivity contribution in [1.82, 2.24) is 10.2 Å². The second-order valence-corrected chi connectivity index (χ2v) is 13.0. The normalized spacial score (nSPS) is 12.7. The van der Waals surface area contributed by atoms with E-state index in [-0.39, 0.29) is 41.4 Å². The van der Waals surface area contributed by atoms with E-state index in [1.165, 1.54) is 24.1 Å². The minimum atomic E-state index is -3.96. The molecule has 0 heterocycles. The quantitative estimate of drug-likeness (QED) is 0.263. The van der Waals surface area contributed by atoms with Crippen LogP contribution in [0.1, 0.15) is 31.4 Å². The number of amides is 2. The van der Waals surface area contributed by atoms with E-state index in [9.17, 15) is 18.0 Å². The Morgan fingerprint density at radius 1 is 1.02 bits per heavy atom. The van der Waals surface area contributed by atoms with Gasteiger partial charge in [-0.1, -0.05) is 76.9 Å². The van der Waals surface area contributed by atoms with Gasteiger partial charge < -0.3 is 15.0 Å². The van der Waals surface area contributed by atoms with E-state index in [4.69, 9.17) is 16.3 Å². The Bertz CT molecular complexity index is 1460. The lowest BCUT2D eigenvalue weighted by atomic mass is 10.0. The van der Waals surface area contributed by atoms with E-state index in [0.717, 1.165) is 26.2 Å². The molecule has 8 nitrogen and oxygen atoms in total. The molecular formula is C30H35BrClN3O5S. The fourth-order valence-corrected chi connectivity index (χ4v) is 5.74. The Kier molecular flexibility index (Phi) is 11.6. The highest BCUT2D eigenvalue weighted by molar-refractivity contribution is 9.10. The van der Waals surface area contributed by atoms with E-state index < -0.39 is 28.5 Å². The van der Waals surface area contributed by atoms with Crippen molar-refractivity contribution in [3.05, 3.63) is 93.4 Å². The maximum Gasteiger partial charge on any atom is 0.244 e. The first kappa shape index (κ1) is 32.4. The van der Waals surface area contributed by atoms with Crippen LogP contribution in [0, 0.1) is 0 Å². The number of sulfonamides is 1. The Labute approximate surface area is 255 Å². The number of halogens is 2. The van der Waals surface area contributed by atoms with Crippen molar-refractivity contribution >= 4 is 55.1 Å². The molecule has 1 N–H and O–H groups in total. The van der Waals surface area contributed by atoms with Crippen LogP contribution in [0.2, 0.25) is 5.02 Å². The van der Waals surface area contributed by atoms with Crippen molar-refractivity contribution in [2.24, 2.45) is 0 Å². The van der Waals surface area contributed by atoms with Gasteiger partial charge in [0.1, 0.15) is 18.3 Å². The van der Waals surface area contributed by atoms with Gasteiger partial charge in [0.25, 0.3) is 0 Å². The first-order chi connectivity index (χ1) is 19.4. The molecule has 0 saturated heterocycles. The molecule has 0 radical (unpaired) electrons. The van der Waals surface area contributed by atoms with Crippen molar-refractivity contribution < 1.29 is 22.7 Å². The summed E-state index contributed by atoms with van der Waals surface area (Å²) in [4.78, 5) is 29.4. The zero-order valence-electron chi connectivity index (χ0n) is 23.5. The highest BCUT2D eigenvalue weighted by Crippen LogP contribution is 2.33. The van der Waals surface area contributed by atoms with Crippen molar-refractivity contribution in [2.75, 3.05) is 24.2 Å². The second kappa shape index (κ2) is 14.7. The number of carbonyl (C=O) groups excluding carboxylic acids is 2. The molecule has 0 bridgehead atoms. The molecule has 0 aliphatic heterocycles. The number of hydrogen-bond acceptors (Lipinski definition) is 5. The number of hydrogen-bond donors (Lipinski definition) is 1. The summed E-state index contributed by atoms with van der Waals surface area (Å²) in [5, 5.41) is 3.29. The number of nitrogens with one attached hydrogen (secondary N) is 1. The molecule has 0 aliphatic rings. The van der Waals surface area contributed by atoms with Crippen LogP contribution in [-0.4, -0.2) is 57.1 Å². The van der Waals surface area contributed by atoms with Gasteiger partial charge in [-0.3, -0.25) is 13.9 Å². The lowest BCUT2D eigenvalue weighted by Gasteiger charge is -2.34. The highest BCUT2D eigenvalue weighted by Gasteiger charge is 2.34. The molecule has 41 heavy (non-hydrogen) atoms. The monoisotopic (exact) mass is 663 g/mol. The lowest BCUT2D eigenvalue weighted by Crippen LogP contribution is -2.54. The van der Waals surface area contributed by atoms with Crippen LogP contribution in [0.15, 0.2) is 77.3 Å². The van der Waals surface area contributed by atoms with Crippen LogP contribution < -0.4 is 14.4 Å². The predicted molar refractivity (Wildman–Crippen MR) is 167 cm³/mol. The van der Waals surface area contributed by atoms with Crippen LogP contribution in [0.4, 0.5) is 5.69 Å². The number of ether oxygens (including phenoxy) is 1. The summed E-state index contributed by atoms with van der Waals surface area (Å²) in [6.07, 6.45) is 1.96. The molecule has 2 amide bonds. The smallest absolute Gasteiger partial charge is 0.244 e. The third-order valence-corrected chi connectivity index (χ3v) is 8.46. The van der Waals surface area contributed by atoms with Gasteiger partial charge in [0.15, 0.2) is 0 Å². The first-order valence-corrected chi connectivity index (χ1v) is 16.1. The van der Waals surface area contributed by atoms with Gasteiger partial charge >= 0.3 is 0 Å². The summed E-state index contributed by atoms with van der Waals surface area (Å²) >= 11 is 9.68. The molecule has 3 aromatic rings. The molecule has 3 rings (SSSR count). The number of carbonyl (C=O) groups is 2. The van der Waals surface area contributed by atoms with E-state index in [1.807, 2.05) is 68.4 Å². The highest BCUT2D eigenvalue weighted by atomic mass is 79.9. The largest absolute Gasteiger partial charge is 0.495 e. The van der Waals surface area contributed by atoms with E-state index in [0.29, 0.717) is 6.42 Å². The van der Waals surface area contributed by atoms with Crippen molar-refractivity contribution in [3.63, 3.8) is 0 Å². The predicted octanol–water partition coefficient (Wildman–Crippen LogP) is 5.43. The Morgan fingerprint density at radius 3 is 2.32 bits per heavy atom. The number of benzene rings is 3. The molecule has 0 spiro atoms. The zero-order valence-corrected chi connectivity index (χ0v) is 26.7. The number of nitrogens with zero attached hydrogens (tertiary/aromatic N) is 2. The standard InChI is InChI=1S/C30H35BrClN3O5S/c1-5-21(2)33-30(37)27(17-22-10-7-6-8-11-22)34(19-23-12-9-13-24(31)16-23)29(36)20-35(41(4,38)39)26-18-25(32)14-15-28(26)40-3/h6-16,18,21,27H,5,17,19-20H2,1-4H3,(H,33,37)/t21-,27+/m1/s1. The van der Waals surface area contributed by atoms with Crippen molar-refractivity contribution in [3.8, 4) is 5.75 Å². The van der Waals surface area contributed by atoms with Gasteiger partial charge in [0.2, 0.25) is 21.8 Å². The second-order valence-electron chi connectivity index (χ2n) is 9.76. The number of methoxy groups -OCH3 is 1. The molecule has 2 atom stereocenters. The van der Waals surface area contributed by atoms with Gasteiger partial charge in [-0.15, -0.1) is 0 Å². The van der Waals surface area contributed by atoms with E-state index in [2.05, 4.69) is 21.2 Å². The maximum atomic E-state index is 14.2. The number of anilines is 1.